The molecule has 240 valence electrons. The maximum atomic E-state index is 6.11. The minimum Gasteiger partial charge on any atom is -0.398 e. The number of hydrogen-bond donors (Lipinski definition) is 2. The Bertz CT molecular complexity index is 1430. The first-order chi connectivity index (χ1) is 19.9. The van der Waals surface area contributed by atoms with E-state index in [0.29, 0.717) is 32.2 Å². The molecule has 2 aromatic heterocycles. The van der Waals surface area contributed by atoms with Gasteiger partial charge in [0.05, 0.1) is 22.6 Å². The summed E-state index contributed by atoms with van der Waals surface area (Å²) in [4.78, 5) is 18.7. The van der Waals surface area contributed by atoms with Crippen molar-refractivity contribution in [3.63, 3.8) is 0 Å². The molecule has 6 nitrogen and oxygen atoms in total. The van der Waals surface area contributed by atoms with E-state index in [1.807, 2.05) is 63.1 Å². The average Bonchev–Trinajstić information content (AvgIpc) is 2.92. The zero-order chi connectivity index (χ0) is 31.7. The topological polar surface area (TPSA) is 89.6 Å². The molecule has 11 heteroatoms. The molecule has 0 saturated heterocycles. The van der Waals surface area contributed by atoms with Crippen LogP contribution in [0.1, 0.15) is 52.5 Å². The highest BCUT2D eigenvalue weighted by atomic mass is 35.5. The standard InChI is InChI=1S/C14H16ClN3S.C9H13NS.C6H7ClN2.C3H3.CH4.FH/c1-9(2)19-13-7-5-4-6-12(13)18-14-11(15)8-16-10(3)17-14;1-7(2)11-9-6-4-3-5-8(9)10;1-4-6(7)3-8-5(2)9-4;1-3-2;;/h4-9H,1-3H3,(H,16,17,18);3-7H,10H2,1-2H3;3H,1-2H3;1H,2H2;1H4;1H/q;;;-1;;. The summed E-state index contributed by atoms with van der Waals surface area (Å²) in [7, 11) is 0. The first kappa shape index (κ1) is 43.0. The lowest BCUT2D eigenvalue weighted by Gasteiger charge is -2.13. The Hall–Kier alpha value is -3.16. The molecule has 0 aliphatic heterocycles. The summed E-state index contributed by atoms with van der Waals surface area (Å²) in [6.45, 7) is 17.2. The van der Waals surface area contributed by atoms with E-state index in [2.05, 4.69) is 78.4 Å². The van der Waals surface area contributed by atoms with E-state index in [4.69, 9.17) is 28.9 Å². The van der Waals surface area contributed by atoms with E-state index in [1.165, 1.54) is 9.79 Å². The van der Waals surface area contributed by atoms with Gasteiger partial charge in [-0.3, -0.25) is 4.70 Å². The van der Waals surface area contributed by atoms with Crippen molar-refractivity contribution in [1.82, 2.24) is 19.9 Å². The number of benzene rings is 2. The van der Waals surface area contributed by atoms with E-state index in [-0.39, 0.29) is 12.1 Å². The first-order valence-corrected chi connectivity index (χ1v) is 15.6. The zero-order valence-electron chi connectivity index (χ0n) is 25.6. The number of rotatable bonds is 6. The van der Waals surface area contributed by atoms with Gasteiger partial charge in [-0.25, -0.2) is 19.9 Å². The molecule has 0 aliphatic rings. The summed E-state index contributed by atoms with van der Waals surface area (Å²) < 4.78 is 0. The van der Waals surface area contributed by atoms with Gasteiger partial charge in [-0.05, 0) is 45.0 Å². The molecule has 4 rings (SSSR count). The zero-order valence-corrected chi connectivity index (χ0v) is 28.7. The number of hydrogen-bond acceptors (Lipinski definition) is 8. The van der Waals surface area contributed by atoms with Gasteiger partial charge in [0.1, 0.15) is 16.7 Å². The molecule has 4 aromatic rings. The second kappa shape index (κ2) is 23.3. The van der Waals surface area contributed by atoms with Crippen LogP contribution in [0.4, 0.5) is 21.9 Å². The lowest BCUT2D eigenvalue weighted by atomic mass is 10.3. The summed E-state index contributed by atoms with van der Waals surface area (Å²) >= 11 is 15.4. The highest BCUT2D eigenvalue weighted by molar-refractivity contribution is 8.00. The van der Waals surface area contributed by atoms with E-state index in [9.17, 15) is 0 Å². The lowest BCUT2D eigenvalue weighted by Crippen LogP contribution is -1.99. The van der Waals surface area contributed by atoms with Crippen molar-refractivity contribution in [2.24, 2.45) is 0 Å². The third kappa shape index (κ3) is 17.2. The fourth-order valence-electron chi connectivity index (χ4n) is 3.01. The minimum absolute atomic E-state index is 0. The Labute approximate surface area is 282 Å². The first-order valence-electron chi connectivity index (χ1n) is 13.1. The lowest BCUT2D eigenvalue weighted by molar-refractivity contribution is 1.01. The third-order valence-electron chi connectivity index (χ3n) is 4.69. The van der Waals surface area contributed by atoms with Crippen LogP contribution in [0.2, 0.25) is 10.0 Å². The molecule has 0 saturated carbocycles. The minimum atomic E-state index is 0. The van der Waals surface area contributed by atoms with Crippen molar-refractivity contribution in [1.29, 1.82) is 0 Å². The third-order valence-corrected chi connectivity index (χ3v) is 7.52. The summed E-state index contributed by atoms with van der Waals surface area (Å²) in [5, 5.41) is 5.55. The Balaban J connectivity index is 0. The summed E-state index contributed by atoms with van der Waals surface area (Å²) in [6.07, 6.45) is 7.71. The normalized spacial score (nSPS) is 9.41. The van der Waals surface area contributed by atoms with Crippen molar-refractivity contribution >= 4 is 63.9 Å². The molecule has 0 fully saturated rings. The van der Waals surface area contributed by atoms with Gasteiger partial charge in [0, 0.05) is 32.2 Å². The van der Waals surface area contributed by atoms with Crippen LogP contribution in [0.25, 0.3) is 0 Å². The average molecular weight is 679 g/mol. The number of nitrogens with two attached hydrogens (primary N) is 1. The monoisotopic (exact) mass is 677 g/mol. The van der Waals surface area contributed by atoms with Crippen LogP contribution < -0.4 is 11.1 Å². The van der Waals surface area contributed by atoms with Gasteiger partial charge >= 0.3 is 0 Å². The van der Waals surface area contributed by atoms with Crippen molar-refractivity contribution in [2.75, 3.05) is 11.1 Å². The van der Waals surface area contributed by atoms with E-state index in [1.54, 1.807) is 35.9 Å². The maximum Gasteiger partial charge on any atom is 0.152 e. The molecule has 2 aromatic carbocycles. The largest absolute Gasteiger partial charge is 0.398 e. The molecule has 0 amide bonds. The van der Waals surface area contributed by atoms with Crippen molar-refractivity contribution in [2.45, 2.75) is 76.2 Å². The van der Waals surface area contributed by atoms with Gasteiger partial charge in [0.15, 0.2) is 5.82 Å². The van der Waals surface area contributed by atoms with Crippen LogP contribution in [0, 0.1) is 40.0 Å². The Kier molecular flexibility index (Phi) is 22.7. The number of anilines is 3. The molecule has 0 unspecified atom stereocenters. The summed E-state index contributed by atoms with van der Waals surface area (Å²) in [5.74, 6) is 4.10. The van der Waals surface area contributed by atoms with Crippen molar-refractivity contribution < 1.29 is 4.70 Å². The van der Waals surface area contributed by atoms with Crippen LogP contribution in [-0.2, 0) is 0 Å². The molecule has 0 radical (unpaired) electrons. The van der Waals surface area contributed by atoms with Gasteiger partial charge in [0.2, 0.25) is 0 Å². The van der Waals surface area contributed by atoms with Crippen molar-refractivity contribution in [3.8, 4) is 12.3 Å². The molecule has 2 heterocycles. The molecule has 0 bridgehead atoms. The molecule has 44 heavy (non-hydrogen) atoms. The maximum absolute atomic E-state index is 6.11. The predicted molar refractivity (Wildman–Crippen MR) is 194 cm³/mol. The second-order valence-electron chi connectivity index (χ2n) is 9.16. The highest BCUT2D eigenvalue weighted by Crippen LogP contribution is 2.33. The van der Waals surface area contributed by atoms with Gasteiger partial charge < -0.3 is 23.4 Å². The molecular formula is C33H44Cl2FN6S2-. The highest BCUT2D eigenvalue weighted by Gasteiger charge is 2.09. The van der Waals surface area contributed by atoms with E-state index >= 15 is 0 Å². The number of nitrogens with zero attached hydrogens (tertiary/aromatic N) is 4. The number of para-hydroxylation sites is 2. The SMILES string of the molecule is C.C#C[CH2-].CC(C)Sc1ccccc1N.Cc1ncc(Cl)c(C)n1.Cc1ncc(Cl)c(Nc2ccccc2SC(C)C)n1.F. The summed E-state index contributed by atoms with van der Waals surface area (Å²) in [6, 6.07) is 16.1. The predicted octanol–water partition coefficient (Wildman–Crippen LogP) is 10.4. The van der Waals surface area contributed by atoms with Gasteiger partial charge in [0.25, 0.3) is 0 Å². The number of nitrogens with one attached hydrogen (secondary N) is 1. The van der Waals surface area contributed by atoms with Crippen LogP contribution in [-0.4, -0.2) is 30.4 Å². The second-order valence-corrected chi connectivity index (χ2v) is 13.2. The smallest absolute Gasteiger partial charge is 0.152 e. The fourth-order valence-corrected chi connectivity index (χ4v) is 5.02. The van der Waals surface area contributed by atoms with E-state index in [0.717, 1.165) is 22.9 Å². The molecule has 0 aliphatic carbocycles. The quantitative estimate of drug-likeness (QED) is 0.0901. The molecule has 0 spiro atoms. The van der Waals surface area contributed by atoms with Gasteiger partial charge in [-0.15, -0.1) is 23.5 Å². The van der Waals surface area contributed by atoms with Crippen LogP contribution in [0.15, 0.2) is 70.7 Å². The fraction of sp³-hybridized carbons (Fsp3) is 0.303. The number of aromatic nitrogens is 4. The molecule has 0 atom stereocenters. The number of nitrogen functional groups attached to an aromatic ring is 1. The van der Waals surface area contributed by atoms with Crippen LogP contribution in [0.3, 0.4) is 0 Å². The van der Waals surface area contributed by atoms with Crippen LogP contribution >= 0.6 is 46.7 Å². The Morgan fingerprint density at radius 3 is 1.77 bits per heavy atom. The Morgan fingerprint density at radius 1 is 0.818 bits per heavy atom. The van der Waals surface area contributed by atoms with Gasteiger partial charge in [-0.2, -0.15) is 6.92 Å². The number of thioether (sulfide) groups is 2. The summed E-state index contributed by atoms with van der Waals surface area (Å²) in [5.41, 5.74) is 8.48. The van der Waals surface area contributed by atoms with Gasteiger partial charge in [-0.1, -0.05) is 82.6 Å². The van der Waals surface area contributed by atoms with Crippen LogP contribution in [0.5, 0.6) is 0 Å². The number of terminal acetylenes is 1. The molecular weight excluding hydrogens is 634 g/mol. The van der Waals surface area contributed by atoms with Crippen molar-refractivity contribution in [3.05, 3.63) is 95.2 Å². The van der Waals surface area contributed by atoms with E-state index < -0.39 is 0 Å². The number of aryl methyl sites for hydroxylation is 3. The Morgan fingerprint density at radius 2 is 1.27 bits per heavy atom. The number of halogens is 3. The molecule has 3 N–H and O–H groups in total.